The van der Waals surface area contributed by atoms with Crippen molar-refractivity contribution in [1.82, 2.24) is 25.8 Å². The molecule has 0 bridgehead atoms. The molecular formula is C31H51F2N5O7. The highest BCUT2D eigenvalue weighted by Gasteiger charge is 2.51. The molecule has 1 aliphatic carbocycles. The van der Waals surface area contributed by atoms with Gasteiger partial charge in [0.1, 0.15) is 12.1 Å². The molecule has 14 heteroatoms. The highest BCUT2D eigenvalue weighted by Crippen LogP contribution is 2.47. The molecule has 3 rings (SSSR count). The van der Waals surface area contributed by atoms with Crippen LogP contribution in [0.4, 0.5) is 13.6 Å². The molecular weight excluding hydrogens is 592 g/mol. The van der Waals surface area contributed by atoms with Crippen LogP contribution in [0.2, 0.25) is 0 Å². The Morgan fingerprint density at radius 2 is 1.64 bits per heavy atom. The molecule has 4 amide bonds. The van der Waals surface area contributed by atoms with Gasteiger partial charge in [-0.3, -0.25) is 24.1 Å². The van der Waals surface area contributed by atoms with Crippen LogP contribution in [-0.2, 0) is 28.7 Å². The zero-order chi connectivity index (χ0) is 33.4. The molecule has 1 spiro atoms. The Morgan fingerprint density at radius 1 is 1.00 bits per heavy atom. The number of amides is 4. The monoisotopic (exact) mass is 643 g/mol. The zero-order valence-corrected chi connectivity index (χ0v) is 27.3. The molecule has 3 fully saturated rings. The minimum absolute atomic E-state index is 0.171. The summed E-state index contributed by atoms with van der Waals surface area (Å²) in [6.07, 6.45) is 2.90. The first-order valence-electron chi connectivity index (χ1n) is 16.0. The first kappa shape index (κ1) is 36.6. The molecule has 2 aliphatic heterocycles. The van der Waals surface area contributed by atoms with Gasteiger partial charge in [-0.2, -0.15) is 0 Å². The van der Waals surface area contributed by atoms with Crippen LogP contribution in [0.15, 0.2) is 0 Å². The number of halogens is 2. The third-order valence-electron chi connectivity index (χ3n) is 9.11. The maximum Gasteiger partial charge on any atom is 0.407 e. The van der Waals surface area contributed by atoms with Gasteiger partial charge < -0.3 is 30.3 Å². The van der Waals surface area contributed by atoms with E-state index in [-0.39, 0.29) is 18.5 Å². The number of methoxy groups -OCH3 is 1. The van der Waals surface area contributed by atoms with Crippen molar-refractivity contribution in [2.45, 2.75) is 103 Å². The van der Waals surface area contributed by atoms with Crippen LogP contribution in [0.5, 0.6) is 0 Å². The lowest BCUT2D eigenvalue weighted by molar-refractivity contribution is -0.144. The minimum atomic E-state index is -3.13. The lowest BCUT2D eigenvalue weighted by atomic mass is 9.72. The quantitative estimate of drug-likeness (QED) is 0.275. The fourth-order valence-electron chi connectivity index (χ4n) is 6.51. The summed E-state index contributed by atoms with van der Waals surface area (Å²) in [4.78, 5) is 69.7. The molecule has 45 heavy (non-hydrogen) atoms. The number of ketones is 1. The number of ether oxygens (including phenoxy) is 2. The summed E-state index contributed by atoms with van der Waals surface area (Å²) in [6, 6.07) is -3.53. The smallest absolute Gasteiger partial charge is 0.407 e. The molecule has 256 valence electrons. The summed E-state index contributed by atoms with van der Waals surface area (Å²) in [7, 11) is 1.19. The van der Waals surface area contributed by atoms with Crippen LogP contribution in [0.3, 0.4) is 0 Å². The van der Waals surface area contributed by atoms with Crippen molar-refractivity contribution in [3.63, 3.8) is 0 Å². The van der Waals surface area contributed by atoms with Crippen molar-refractivity contribution < 1.29 is 42.2 Å². The highest BCUT2D eigenvalue weighted by atomic mass is 19.3. The Labute approximate surface area is 264 Å². The first-order valence-corrected chi connectivity index (χ1v) is 16.0. The number of morpholine rings is 1. The van der Waals surface area contributed by atoms with E-state index in [2.05, 4.69) is 20.9 Å². The average molecular weight is 644 g/mol. The Hall–Kier alpha value is -2.87. The molecule has 1 saturated carbocycles. The summed E-state index contributed by atoms with van der Waals surface area (Å²) in [5, 5.41) is 7.73. The van der Waals surface area contributed by atoms with Gasteiger partial charge in [-0.15, -0.1) is 0 Å². The fourth-order valence-corrected chi connectivity index (χ4v) is 6.51. The Bertz CT molecular complexity index is 1070. The third-order valence-corrected chi connectivity index (χ3v) is 9.11. The lowest BCUT2D eigenvalue weighted by Crippen LogP contribution is -2.59. The van der Waals surface area contributed by atoms with Crippen molar-refractivity contribution in [3.05, 3.63) is 0 Å². The first-order chi connectivity index (χ1) is 21.0. The number of alkyl carbamates (subject to hydrolysis) is 1. The van der Waals surface area contributed by atoms with E-state index in [0.29, 0.717) is 46.2 Å². The van der Waals surface area contributed by atoms with Crippen LogP contribution < -0.4 is 16.0 Å². The summed E-state index contributed by atoms with van der Waals surface area (Å²) >= 11 is 0. The molecule has 0 radical (unpaired) electrons. The predicted octanol–water partition coefficient (Wildman–Crippen LogP) is 2.25. The van der Waals surface area contributed by atoms with Gasteiger partial charge in [-0.05, 0) is 43.4 Å². The standard InChI is InChI=1S/C31H51F2N5O7/c1-29(2,3)24(36-28(43)44-5)27(42)38-20-31(10-7-6-8-11-31)19-22(38)25(40)35-21(9-12-30(4,32)33)23(39)26(41)34-13-14-37-15-17-45-18-16-37/h21-22,24H,6-20H2,1-5H3,(H,34,41)(H,35,40)(H,36,43)/t21-,22-,24+/m0/s1. The van der Waals surface area contributed by atoms with Gasteiger partial charge in [0, 0.05) is 39.1 Å². The van der Waals surface area contributed by atoms with Gasteiger partial charge in [0.15, 0.2) is 0 Å². The van der Waals surface area contributed by atoms with Gasteiger partial charge in [-0.25, -0.2) is 13.6 Å². The van der Waals surface area contributed by atoms with Gasteiger partial charge in [0.2, 0.25) is 23.5 Å². The number of nitrogens with one attached hydrogen (secondary N) is 3. The van der Waals surface area contributed by atoms with Gasteiger partial charge >= 0.3 is 6.09 Å². The zero-order valence-electron chi connectivity index (χ0n) is 27.3. The van der Waals surface area contributed by atoms with Crippen LogP contribution in [0, 0.1) is 10.8 Å². The number of nitrogens with zero attached hydrogens (tertiary/aromatic N) is 2. The number of carbonyl (C=O) groups excluding carboxylic acids is 5. The summed E-state index contributed by atoms with van der Waals surface area (Å²) < 4.78 is 37.8. The van der Waals surface area contributed by atoms with Crippen LogP contribution in [-0.4, -0.2) is 116 Å². The molecule has 2 heterocycles. The van der Waals surface area contributed by atoms with E-state index >= 15 is 0 Å². The number of hydrogen-bond donors (Lipinski definition) is 3. The van der Waals surface area contributed by atoms with E-state index in [1.54, 1.807) is 20.8 Å². The molecule has 0 aromatic rings. The van der Waals surface area contributed by atoms with E-state index in [1.165, 1.54) is 12.0 Å². The molecule has 0 aromatic heterocycles. The molecule has 12 nitrogen and oxygen atoms in total. The second kappa shape index (κ2) is 15.6. The van der Waals surface area contributed by atoms with Crippen LogP contribution >= 0.6 is 0 Å². The van der Waals surface area contributed by atoms with Crippen LogP contribution in [0.1, 0.15) is 79.1 Å². The number of likely N-dealkylation sites (tertiary alicyclic amines) is 1. The largest absolute Gasteiger partial charge is 0.453 e. The van der Waals surface area contributed by atoms with E-state index in [0.717, 1.165) is 32.1 Å². The molecule has 0 aromatic carbocycles. The lowest BCUT2D eigenvalue weighted by Gasteiger charge is -2.36. The minimum Gasteiger partial charge on any atom is -0.453 e. The van der Waals surface area contributed by atoms with Crippen molar-refractivity contribution in [2.24, 2.45) is 10.8 Å². The van der Waals surface area contributed by atoms with E-state index in [4.69, 9.17) is 9.47 Å². The van der Waals surface area contributed by atoms with E-state index in [9.17, 15) is 32.8 Å². The second-order valence-corrected chi connectivity index (χ2v) is 13.9. The Morgan fingerprint density at radius 3 is 2.22 bits per heavy atom. The van der Waals surface area contributed by atoms with E-state index < -0.39 is 71.9 Å². The maximum absolute atomic E-state index is 14.1. The molecule has 0 unspecified atom stereocenters. The molecule has 3 aliphatic rings. The number of alkyl halides is 2. The third kappa shape index (κ3) is 10.6. The van der Waals surface area contributed by atoms with Crippen molar-refractivity contribution >= 4 is 29.6 Å². The SMILES string of the molecule is COC(=O)N[C@H](C(=O)N1CC2(CCCCC2)C[C@H]1C(=O)N[C@@H](CCC(C)(F)F)C(=O)C(=O)NCCN1CCOCC1)C(C)(C)C. The molecule has 3 N–H and O–H groups in total. The highest BCUT2D eigenvalue weighted by molar-refractivity contribution is 6.38. The van der Waals surface area contributed by atoms with Gasteiger partial charge in [0.25, 0.3) is 5.91 Å². The number of hydrogen-bond acceptors (Lipinski definition) is 8. The second-order valence-electron chi connectivity index (χ2n) is 13.9. The Kier molecular flexibility index (Phi) is 12.7. The fraction of sp³-hybridized carbons (Fsp3) is 0.839. The summed E-state index contributed by atoms with van der Waals surface area (Å²) in [5.74, 6) is -6.27. The van der Waals surface area contributed by atoms with Crippen molar-refractivity contribution in [3.8, 4) is 0 Å². The number of Topliss-reactive ketones (excluding diaryl/α,β-unsaturated/α-hetero) is 1. The van der Waals surface area contributed by atoms with Crippen molar-refractivity contribution in [2.75, 3.05) is 53.0 Å². The van der Waals surface area contributed by atoms with Crippen LogP contribution in [0.25, 0.3) is 0 Å². The average Bonchev–Trinajstić information content (AvgIpc) is 3.35. The number of rotatable bonds is 12. The Balaban J connectivity index is 1.80. The molecule has 2 saturated heterocycles. The number of carbonyl (C=O) groups is 5. The normalized spacial score (nSPS) is 21.9. The molecule has 3 atom stereocenters. The van der Waals surface area contributed by atoms with Gasteiger partial charge in [-0.1, -0.05) is 40.0 Å². The topological polar surface area (TPSA) is 146 Å². The van der Waals surface area contributed by atoms with Gasteiger partial charge in [0.05, 0.1) is 26.4 Å². The summed E-state index contributed by atoms with van der Waals surface area (Å²) in [6.45, 7) is 9.53. The van der Waals surface area contributed by atoms with E-state index in [1.807, 2.05) is 0 Å². The maximum atomic E-state index is 14.1. The predicted molar refractivity (Wildman–Crippen MR) is 161 cm³/mol. The summed E-state index contributed by atoms with van der Waals surface area (Å²) in [5.41, 5.74) is -1.06. The van der Waals surface area contributed by atoms with Crippen molar-refractivity contribution in [1.29, 1.82) is 0 Å².